The van der Waals surface area contributed by atoms with Crippen LogP contribution in [0, 0.1) is 17.7 Å². The predicted octanol–water partition coefficient (Wildman–Crippen LogP) is 6.62. The fraction of sp³-hybridized carbons (Fsp3) is 0.281. The number of aliphatic carboxylic acids is 1. The molecule has 0 amide bonds. The van der Waals surface area contributed by atoms with Crippen molar-refractivity contribution in [2.75, 3.05) is 0 Å². The minimum Gasteiger partial charge on any atom is -0.489 e. The number of aromatic nitrogens is 2. The van der Waals surface area contributed by atoms with Crippen LogP contribution in [0.3, 0.4) is 0 Å². The first-order valence-electron chi connectivity index (χ1n) is 13.2. The fourth-order valence-electron chi connectivity index (χ4n) is 4.22. The van der Waals surface area contributed by atoms with E-state index in [1.165, 1.54) is 17.7 Å². The van der Waals surface area contributed by atoms with Gasteiger partial charge >= 0.3 is 5.97 Å². The molecule has 4 rings (SSSR count). The van der Waals surface area contributed by atoms with E-state index in [1.54, 1.807) is 25.3 Å². The van der Waals surface area contributed by atoms with Crippen molar-refractivity contribution in [3.05, 3.63) is 113 Å². The summed E-state index contributed by atoms with van der Waals surface area (Å²) in [7, 11) is 0. The molecule has 0 radical (unpaired) electrons. The quantitative estimate of drug-likeness (QED) is 0.151. The number of carboxylic acid groups (broad SMARTS) is 1. The molecule has 0 spiro atoms. The van der Waals surface area contributed by atoms with Crippen LogP contribution >= 0.6 is 0 Å². The zero-order chi connectivity index (χ0) is 28.5. The molecule has 0 saturated heterocycles. The van der Waals surface area contributed by atoms with Crippen molar-refractivity contribution in [2.45, 2.75) is 46.8 Å². The number of rotatable bonds is 13. The largest absolute Gasteiger partial charge is 0.489 e. The van der Waals surface area contributed by atoms with E-state index in [9.17, 15) is 14.3 Å². The standard InChI is InChI=1S/C32H34FN3O4/c1-22(2)16-24-6-12-29(13-7-24)36-19-27(18-34-36)20-39-30-14-8-25(9-15-30)17-31(32(37)38)23(3)35-40-21-26-4-10-28(33)11-5-26/h4-15,18-19,22,31H,16-17,20-21H2,1-3H3,(H,37,38). The van der Waals surface area contributed by atoms with Crippen LogP contribution < -0.4 is 4.74 Å². The van der Waals surface area contributed by atoms with Crippen molar-refractivity contribution in [3.8, 4) is 11.4 Å². The molecular formula is C32H34FN3O4. The van der Waals surface area contributed by atoms with Crippen molar-refractivity contribution in [1.29, 1.82) is 0 Å². The molecular weight excluding hydrogens is 509 g/mol. The van der Waals surface area contributed by atoms with Crippen LogP contribution in [0.2, 0.25) is 0 Å². The van der Waals surface area contributed by atoms with Gasteiger partial charge in [-0.05, 0) is 78.8 Å². The van der Waals surface area contributed by atoms with Gasteiger partial charge in [-0.25, -0.2) is 9.07 Å². The van der Waals surface area contributed by atoms with Crippen LogP contribution in [-0.2, 0) is 35.7 Å². The zero-order valence-corrected chi connectivity index (χ0v) is 23.0. The molecule has 0 aliphatic carbocycles. The SMILES string of the molecule is CC(=NOCc1ccc(F)cc1)C(Cc1ccc(OCc2cnn(-c3ccc(CC(C)C)cc3)c2)cc1)C(=O)O. The summed E-state index contributed by atoms with van der Waals surface area (Å²) in [5.41, 5.74) is 5.17. The Labute approximate surface area is 233 Å². The van der Waals surface area contributed by atoms with Crippen molar-refractivity contribution >= 4 is 11.7 Å². The number of benzene rings is 3. The van der Waals surface area contributed by atoms with Crippen molar-refractivity contribution in [2.24, 2.45) is 17.0 Å². The minimum absolute atomic E-state index is 0.124. The van der Waals surface area contributed by atoms with Gasteiger partial charge in [-0.3, -0.25) is 4.79 Å². The van der Waals surface area contributed by atoms with Gasteiger partial charge in [-0.1, -0.05) is 55.4 Å². The van der Waals surface area contributed by atoms with Crippen LogP contribution in [0.15, 0.2) is 90.3 Å². The first-order chi connectivity index (χ1) is 19.3. The molecule has 0 saturated carbocycles. The molecule has 3 aromatic carbocycles. The van der Waals surface area contributed by atoms with Crippen LogP contribution in [0.1, 0.15) is 43.0 Å². The van der Waals surface area contributed by atoms with Gasteiger partial charge in [0.05, 0.1) is 17.6 Å². The van der Waals surface area contributed by atoms with Gasteiger partial charge in [0.1, 0.15) is 30.7 Å². The Bertz CT molecular complexity index is 1410. The number of hydrogen-bond acceptors (Lipinski definition) is 5. The molecule has 0 fully saturated rings. The van der Waals surface area contributed by atoms with E-state index in [2.05, 4.69) is 48.4 Å². The number of carboxylic acids is 1. The third-order valence-electron chi connectivity index (χ3n) is 6.40. The van der Waals surface area contributed by atoms with Gasteiger partial charge in [-0.2, -0.15) is 5.10 Å². The Morgan fingerprint density at radius 3 is 2.17 bits per heavy atom. The molecule has 0 aliphatic heterocycles. The predicted molar refractivity (Wildman–Crippen MR) is 152 cm³/mol. The molecule has 4 aromatic rings. The Morgan fingerprint density at radius 1 is 0.900 bits per heavy atom. The lowest BCUT2D eigenvalue weighted by Gasteiger charge is -2.13. The van der Waals surface area contributed by atoms with Crippen molar-refractivity contribution in [1.82, 2.24) is 9.78 Å². The Hall–Kier alpha value is -4.46. The lowest BCUT2D eigenvalue weighted by Crippen LogP contribution is -2.24. The molecule has 1 N–H and O–H groups in total. The highest BCUT2D eigenvalue weighted by Gasteiger charge is 2.22. The molecule has 1 unspecified atom stereocenters. The molecule has 1 aromatic heterocycles. The smallest absolute Gasteiger partial charge is 0.312 e. The van der Waals surface area contributed by atoms with Gasteiger partial charge in [0.2, 0.25) is 0 Å². The number of oxime groups is 1. The average molecular weight is 544 g/mol. The second-order valence-corrected chi connectivity index (χ2v) is 10.2. The number of halogens is 1. The van der Waals surface area contributed by atoms with Crippen molar-refractivity contribution in [3.63, 3.8) is 0 Å². The van der Waals surface area contributed by atoms with Gasteiger partial charge < -0.3 is 14.7 Å². The fourth-order valence-corrected chi connectivity index (χ4v) is 4.22. The Balaban J connectivity index is 1.29. The van der Waals surface area contributed by atoms with Gasteiger partial charge in [0.25, 0.3) is 0 Å². The molecule has 7 nitrogen and oxygen atoms in total. The van der Waals surface area contributed by atoms with E-state index in [4.69, 9.17) is 9.57 Å². The Kier molecular flexibility index (Phi) is 9.67. The van der Waals surface area contributed by atoms with Gasteiger partial charge in [0, 0.05) is 11.8 Å². The highest BCUT2D eigenvalue weighted by molar-refractivity contribution is 6.00. The van der Waals surface area contributed by atoms with Gasteiger partial charge in [0.15, 0.2) is 0 Å². The molecule has 40 heavy (non-hydrogen) atoms. The lowest BCUT2D eigenvalue weighted by atomic mass is 9.95. The van der Waals surface area contributed by atoms with Crippen LogP contribution in [0.5, 0.6) is 5.75 Å². The van der Waals surface area contributed by atoms with E-state index < -0.39 is 11.9 Å². The molecule has 8 heteroatoms. The minimum atomic E-state index is -0.987. The number of ether oxygens (including phenoxy) is 1. The van der Waals surface area contributed by atoms with Crippen LogP contribution in [0.25, 0.3) is 5.69 Å². The van der Waals surface area contributed by atoms with Crippen LogP contribution in [-0.4, -0.2) is 26.6 Å². The normalized spacial score (nSPS) is 12.4. The summed E-state index contributed by atoms with van der Waals surface area (Å²) in [5, 5.41) is 18.2. The summed E-state index contributed by atoms with van der Waals surface area (Å²) in [5.74, 6) is -0.872. The maximum absolute atomic E-state index is 13.0. The van der Waals surface area contributed by atoms with E-state index in [0.717, 1.165) is 28.8 Å². The highest BCUT2D eigenvalue weighted by Crippen LogP contribution is 2.19. The molecule has 208 valence electrons. The lowest BCUT2D eigenvalue weighted by molar-refractivity contribution is -0.139. The van der Waals surface area contributed by atoms with E-state index in [-0.39, 0.29) is 18.8 Å². The second-order valence-electron chi connectivity index (χ2n) is 10.2. The summed E-state index contributed by atoms with van der Waals surface area (Å²) in [4.78, 5) is 17.2. The third kappa shape index (κ3) is 8.27. The summed E-state index contributed by atoms with van der Waals surface area (Å²) in [6.07, 6.45) is 5.04. The van der Waals surface area contributed by atoms with E-state index >= 15 is 0 Å². The molecule has 0 aliphatic rings. The maximum atomic E-state index is 13.0. The van der Waals surface area contributed by atoms with Crippen molar-refractivity contribution < 1.29 is 23.9 Å². The second kappa shape index (κ2) is 13.6. The number of carbonyl (C=O) groups is 1. The van der Waals surface area contributed by atoms with E-state index in [1.807, 2.05) is 35.1 Å². The highest BCUT2D eigenvalue weighted by atomic mass is 19.1. The molecule has 1 heterocycles. The Morgan fingerprint density at radius 2 is 1.52 bits per heavy atom. The number of nitrogens with zero attached hydrogens (tertiary/aromatic N) is 3. The monoisotopic (exact) mass is 543 g/mol. The van der Waals surface area contributed by atoms with E-state index in [0.29, 0.717) is 24.0 Å². The van der Waals surface area contributed by atoms with Crippen LogP contribution in [0.4, 0.5) is 4.39 Å². The molecule has 1 atom stereocenters. The molecule has 0 bridgehead atoms. The maximum Gasteiger partial charge on any atom is 0.312 e. The summed E-state index contributed by atoms with van der Waals surface area (Å²) >= 11 is 0. The third-order valence-corrected chi connectivity index (χ3v) is 6.40. The first-order valence-corrected chi connectivity index (χ1v) is 13.2. The summed E-state index contributed by atoms with van der Waals surface area (Å²) in [6.45, 7) is 6.53. The first kappa shape index (κ1) is 28.5. The average Bonchev–Trinajstić information content (AvgIpc) is 3.41. The summed E-state index contributed by atoms with van der Waals surface area (Å²) in [6, 6.07) is 21.6. The summed E-state index contributed by atoms with van der Waals surface area (Å²) < 4.78 is 20.8. The number of hydrogen-bond donors (Lipinski definition) is 1. The topological polar surface area (TPSA) is 85.9 Å². The zero-order valence-electron chi connectivity index (χ0n) is 23.0. The van der Waals surface area contributed by atoms with Gasteiger partial charge in [-0.15, -0.1) is 0 Å².